The van der Waals surface area contributed by atoms with Crippen molar-refractivity contribution in [2.75, 3.05) is 20.8 Å². The van der Waals surface area contributed by atoms with Gasteiger partial charge in [0.2, 0.25) is 0 Å². The number of hydrogen-bond acceptors (Lipinski definition) is 5. The second-order valence-corrected chi connectivity index (χ2v) is 6.37. The van der Waals surface area contributed by atoms with E-state index in [9.17, 15) is 9.59 Å². The molecular formula is C21H25NO6. The van der Waals surface area contributed by atoms with Gasteiger partial charge in [-0.2, -0.15) is 0 Å². The van der Waals surface area contributed by atoms with E-state index in [1.165, 1.54) is 26.4 Å². The van der Waals surface area contributed by atoms with Gasteiger partial charge in [-0.3, -0.25) is 4.79 Å². The second kappa shape index (κ2) is 9.64. The highest BCUT2D eigenvalue weighted by molar-refractivity contribution is 5.94. The van der Waals surface area contributed by atoms with Crippen molar-refractivity contribution in [3.63, 3.8) is 0 Å². The minimum Gasteiger partial charge on any atom is -0.496 e. The van der Waals surface area contributed by atoms with Gasteiger partial charge >= 0.3 is 5.97 Å². The molecule has 150 valence electrons. The quantitative estimate of drug-likeness (QED) is 0.686. The molecule has 2 aromatic carbocycles. The minimum atomic E-state index is -1.02. The molecule has 7 nitrogen and oxygen atoms in total. The van der Waals surface area contributed by atoms with Crippen LogP contribution in [0.15, 0.2) is 36.4 Å². The first kappa shape index (κ1) is 21.1. The van der Waals surface area contributed by atoms with Crippen LogP contribution in [0, 0.1) is 0 Å². The summed E-state index contributed by atoms with van der Waals surface area (Å²) < 4.78 is 16.2. The first-order valence-corrected chi connectivity index (χ1v) is 8.88. The van der Waals surface area contributed by atoms with E-state index in [0.717, 1.165) is 5.56 Å². The Hall–Kier alpha value is -3.22. The molecule has 0 atom stereocenters. The fraction of sp³-hybridized carbons (Fsp3) is 0.333. The van der Waals surface area contributed by atoms with E-state index in [2.05, 4.69) is 5.32 Å². The van der Waals surface area contributed by atoms with Crippen molar-refractivity contribution in [2.45, 2.75) is 26.4 Å². The number of carbonyl (C=O) groups is 2. The third kappa shape index (κ3) is 5.39. The Morgan fingerprint density at radius 1 is 0.964 bits per heavy atom. The summed E-state index contributed by atoms with van der Waals surface area (Å²) in [6, 6.07) is 9.70. The molecule has 0 saturated heterocycles. The van der Waals surface area contributed by atoms with Crippen LogP contribution in [0.1, 0.15) is 40.1 Å². The lowest BCUT2D eigenvalue weighted by Gasteiger charge is -2.14. The molecule has 0 saturated carbocycles. The largest absolute Gasteiger partial charge is 0.496 e. The summed E-state index contributed by atoms with van der Waals surface area (Å²) in [7, 11) is 3.01. The number of carboxylic acids is 1. The third-order valence-corrected chi connectivity index (χ3v) is 4.00. The van der Waals surface area contributed by atoms with Crippen LogP contribution in [-0.2, 0) is 6.42 Å². The normalized spacial score (nSPS) is 10.5. The van der Waals surface area contributed by atoms with Crippen molar-refractivity contribution in [1.82, 2.24) is 5.32 Å². The zero-order valence-electron chi connectivity index (χ0n) is 16.4. The van der Waals surface area contributed by atoms with Crippen molar-refractivity contribution in [3.8, 4) is 17.2 Å². The fourth-order valence-electron chi connectivity index (χ4n) is 2.66. The number of carbonyl (C=O) groups excluding carboxylic acids is 1. The van der Waals surface area contributed by atoms with Crippen molar-refractivity contribution >= 4 is 11.9 Å². The molecule has 2 rings (SSSR count). The van der Waals surface area contributed by atoms with Crippen LogP contribution < -0.4 is 19.5 Å². The summed E-state index contributed by atoms with van der Waals surface area (Å²) >= 11 is 0. The fourth-order valence-corrected chi connectivity index (χ4v) is 2.66. The van der Waals surface area contributed by atoms with Crippen LogP contribution in [0.4, 0.5) is 0 Å². The highest BCUT2D eigenvalue weighted by atomic mass is 16.5. The van der Waals surface area contributed by atoms with Gasteiger partial charge in [0.05, 0.1) is 25.9 Å². The molecule has 0 bridgehead atoms. The number of nitrogens with one attached hydrogen (secondary N) is 1. The Morgan fingerprint density at radius 3 is 2.21 bits per heavy atom. The molecule has 0 aliphatic rings. The van der Waals surface area contributed by atoms with E-state index in [-0.39, 0.29) is 17.6 Å². The number of methoxy groups -OCH3 is 2. The van der Waals surface area contributed by atoms with Crippen LogP contribution >= 0.6 is 0 Å². The lowest BCUT2D eigenvalue weighted by atomic mass is 10.1. The van der Waals surface area contributed by atoms with Gasteiger partial charge in [-0.15, -0.1) is 0 Å². The monoisotopic (exact) mass is 387 g/mol. The predicted molar refractivity (Wildman–Crippen MR) is 105 cm³/mol. The lowest BCUT2D eigenvalue weighted by Crippen LogP contribution is -2.25. The molecule has 0 spiro atoms. The number of carboxylic acid groups (broad SMARTS) is 1. The Labute approximate surface area is 164 Å². The standard InChI is InChI=1S/C21H25NO6/c1-13(2)28-17-8-7-15(11-19(17)27-4)20(23)22-10-9-14-5-6-16(21(24)25)12-18(14)26-3/h5-8,11-13H,9-10H2,1-4H3,(H,22,23)(H,24,25). The number of benzene rings is 2. The average Bonchev–Trinajstić information content (AvgIpc) is 2.67. The first-order chi connectivity index (χ1) is 13.3. The summed E-state index contributed by atoms with van der Waals surface area (Å²) in [4.78, 5) is 23.5. The van der Waals surface area contributed by atoms with Gasteiger partial charge < -0.3 is 24.6 Å². The van der Waals surface area contributed by atoms with Gasteiger partial charge in [0.25, 0.3) is 5.91 Å². The van der Waals surface area contributed by atoms with E-state index in [1.807, 2.05) is 13.8 Å². The molecule has 2 aromatic rings. The van der Waals surface area contributed by atoms with Crippen molar-refractivity contribution in [3.05, 3.63) is 53.1 Å². The molecule has 0 aliphatic carbocycles. The molecule has 2 N–H and O–H groups in total. The van der Waals surface area contributed by atoms with E-state index in [1.54, 1.807) is 24.3 Å². The molecule has 0 unspecified atom stereocenters. The maximum Gasteiger partial charge on any atom is 0.335 e. The highest BCUT2D eigenvalue weighted by Crippen LogP contribution is 2.29. The van der Waals surface area contributed by atoms with Crippen LogP contribution in [0.2, 0.25) is 0 Å². The summed E-state index contributed by atoms with van der Waals surface area (Å²) in [6.07, 6.45) is 0.497. The van der Waals surface area contributed by atoms with Gasteiger partial charge in [-0.05, 0) is 56.2 Å². The molecule has 0 heterocycles. The Balaban J connectivity index is 2.02. The number of rotatable bonds is 9. The minimum absolute atomic E-state index is 0.00364. The average molecular weight is 387 g/mol. The molecule has 28 heavy (non-hydrogen) atoms. The topological polar surface area (TPSA) is 94.1 Å². The Morgan fingerprint density at radius 2 is 1.61 bits per heavy atom. The van der Waals surface area contributed by atoms with E-state index in [0.29, 0.717) is 35.8 Å². The molecule has 0 aromatic heterocycles. The van der Waals surface area contributed by atoms with E-state index in [4.69, 9.17) is 19.3 Å². The smallest absolute Gasteiger partial charge is 0.335 e. The number of hydrogen-bond donors (Lipinski definition) is 2. The Bertz CT molecular complexity index is 847. The van der Waals surface area contributed by atoms with Crippen LogP contribution in [-0.4, -0.2) is 43.9 Å². The summed E-state index contributed by atoms with van der Waals surface area (Å²) in [6.45, 7) is 4.20. The van der Waals surface area contributed by atoms with Crippen LogP contribution in [0.25, 0.3) is 0 Å². The van der Waals surface area contributed by atoms with Crippen molar-refractivity contribution in [2.24, 2.45) is 0 Å². The van der Waals surface area contributed by atoms with Gasteiger partial charge in [0.1, 0.15) is 5.75 Å². The van der Waals surface area contributed by atoms with Crippen LogP contribution in [0.3, 0.4) is 0 Å². The molecule has 0 radical (unpaired) electrons. The highest BCUT2D eigenvalue weighted by Gasteiger charge is 2.13. The summed E-state index contributed by atoms with van der Waals surface area (Å²) in [5.74, 6) is 0.295. The zero-order chi connectivity index (χ0) is 20.7. The summed E-state index contributed by atoms with van der Waals surface area (Å²) in [5.41, 5.74) is 1.42. The number of aromatic carboxylic acids is 1. The molecule has 0 fully saturated rings. The van der Waals surface area contributed by atoms with Gasteiger partial charge in [-0.25, -0.2) is 4.79 Å². The summed E-state index contributed by atoms with van der Waals surface area (Å²) in [5, 5.41) is 11.9. The maximum absolute atomic E-state index is 12.4. The molecular weight excluding hydrogens is 362 g/mol. The molecule has 7 heteroatoms. The third-order valence-electron chi connectivity index (χ3n) is 4.00. The SMILES string of the molecule is COc1cc(C(=O)O)ccc1CCNC(=O)c1ccc(OC(C)C)c(OC)c1. The van der Waals surface area contributed by atoms with Gasteiger partial charge in [0.15, 0.2) is 11.5 Å². The van der Waals surface area contributed by atoms with Crippen LogP contribution in [0.5, 0.6) is 17.2 Å². The second-order valence-electron chi connectivity index (χ2n) is 6.37. The first-order valence-electron chi connectivity index (χ1n) is 8.88. The lowest BCUT2D eigenvalue weighted by molar-refractivity contribution is 0.0696. The predicted octanol–water partition coefficient (Wildman–Crippen LogP) is 3.16. The van der Waals surface area contributed by atoms with Crippen molar-refractivity contribution < 1.29 is 28.9 Å². The van der Waals surface area contributed by atoms with Crippen molar-refractivity contribution in [1.29, 1.82) is 0 Å². The van der Waals surface area contributed by atoms with Gasteiger partial charge in [0, 0.05) is 12.1 Å². The molecule has 1 amide bonds. The number of amides is 1. The van der Waals surface area contributed by atoms with E-state index < -0.39 is 5.97 Å². The number of ether oxygens (including phenoxy) is 3. The van der Waals surface area contributed by atoms with Gasteiger partial charge in [-0.1, -0.05) is 6.07 Å². The Kier molecular flexibility index (Phi) is 7.26. The van der Waals surface area contributed by atoms with E-state index >= 15 is 0 Å². The maximum atomic E-state index is 12.4. The molecule has 0 aliphatic heterocycles. The zero-order valence-corrected chi connectivity index (χ0v) is 16.4.